The van der Waals surface area contributed by atoms with Gasteiger partial charge in [0.15, 0.2) is 0 Å². The second-order valence-corrected chi connectivity index (χ2v) is 5.81. The lowest BCUT2D eigenvalue weighted by molar-refractivity contribution is 0.195. The number of halogens is 1. The number of amides is 2. The highest BCUT2D eigenvalue weighted by molar-refractivity contribution is 7.10. The van der Waals surface area contributed by atoms with Crippen molar-refractivity contribution in [2.24, 2.45) is 0 Å². The Morgan fingerprint density at radius 3 is 2.81 bits per heavy atom. The summed E-state index contributed by atoms with van der Waals surface area (Å²) in [5, 5.41) is 4.96. The molecule has 2 amide bonds. The number of thiophene rings is 1. The van der Waals surface area contributed by atoms with E-state index in [0.29, 0.717) is 13.1 Å². The Kier molecular flexibility index (Phi) is 5.33. The van der Waals surface area contributed by atoms with Crippen molar-refractivity contribution in [1.29, 1.82) is 0 Å². The molecule has 0 spiro atoms. The van der Waals surface area contributed by atoms with Gasteiger partial charge in [0.05, 0.1) is 6.04 Å². The molecule has 0 saturated heterocycles. The molecule has 0 fully saturated rings. The standard InChI is InChI=1S/C16H19FN2OS/c1-3-19(11-13-6-4-7-14(17)10-13)16(20)18-12(2)15-8-5-9-21-15/h4-10,12H,3,11H2,1-2H3,(H,18,20)/t12-/m1/s1. The van der Waals surface area contributed by atoms with Crippen molar-refractivity contribution in [3.8, 4) is 0 Å². The first-order valence-electron chi connectivity index (χ1n) is 6.93. The van der Waals surface area contributed by atoms with Gasteiger partial charge < -0.3 is 10.2 Å². The van der Waals surface area contributed by atoms with E-state index < -0.39 is 0 Å². The molecule has 1 heterocycles. The third-order valence-electron chi connectivity index (χ3n) is 3.24. The summed E-state index contributed by atoms with van der Waals surface area (Å²) in [5.74, 6) is -0.282. The lowest BCUT2D eigenvalue weighted by atomic mass is 10.2. The summed E-state index contributed by atoms with van der Waals surface area (Å²) in [6.45, 7) is 4.84. The monoisotopic (exact) mass is 306 g/mol. The first-order valence-corrected chi connectivity index (χ1v) is 7.81. The maximum absolute atomic E-state index is 13.2. The van der Waals surface area contributed by atoms with Gasteiger partial charge in [0, 0.05) is 18.0 Å². The van der Waals surface area contributed by atoms with Crippen LogP contribution in [0.15, 0.2) is 41.8 Å². The summed E-state index contributed by atoms with van der Waals surface area (Å²) < 4.78 is 13.2. The van der Waals surface area contributed by atoms with Crippen molar-refractivity contribution in [3.63, 3.8) is 0 Å². The predicted octanol–water partition coefficient (Wildman–Crippen LogP) is 4.18. The van der Waals surface area contributed by atoms with E-state index in [4.69, 9.17) is 0 Å². The molecule has 3 nitrogen and oxygen atoms in total. The Morgan fingerprint density at radius 2 is 2.19 bits per heavy atom. The van der Waals surface area contributed by atoms with Crippen LogP contribution < -0.4 is 5.32 Å². The zero-order chi connectivity index (χ0) is 15.2. The van der Waals surface area contributed by atoms with Gasteiger partial charge in [-0.25, -0.2) is 9.18 Å². The molecular formula is C16H19FN2OS. The minimum atomic E-state index is -0.282. The highest BCUT2D eigenvalue weighted by Gasteiger charge is 2.16. The predicted molar refractivity (Wildman–Crippen MR) is 83.7 cm³/mol. The van der Waals surface area contributed by atoms with Gasteiger partial charge in [-0.15, -0.1) is 11.3 Å². The summed E-state index contributed by atoms with van der Waals surface area (Å²) in [5.41, 5.74) is 0.788. The zero-order valence-corrected chi connectivity index (χ0v) is 13.0. The zero-order valence-electron chi connectivity index (χ0n) is 12.2. The first-order chi connectivity index (χ1) is 10.1. The number of nitrogens with one attached hydrogen (secondary N) is 1. The van der Waals surface area contributed by atoms with Gasteiger partial charge in [-0.3, -0.25) is 0 Å². The van der Waals surface area contributed by atoms with Crippen LogP contribution in [0.4, 0.5) is 9.18 Å². The molecule has 0 bridgehead atoms. The van der Waals surface area contributed by atoms with Crippen LogP contribution in [0.5, 0.6) is 0 Å². The van der Waals surface area contributed by atoms with Crippen molar-refractivity contribution in [1.82, 2.24) is 10.2 Å². The maximum Gasteiger partial charge on any atom is 0.318 e. The van der Waals surface area contributed by atoms with Crippen LogP contribution in [0.3, 0.4) is 0 Å². The van der Waals surface area contributed by atoms with E-state index in [2.05, 4.69) is 5.32 Å². The minimum absolute atomic E-state index is 0.0286. The molecule has 1 N–H and O–H groups in total. The van der Waals surface area contributed by atoms with E-state index in [9.17, 15) is 9.18 Å². The quantitative estimate of drug-likeness (QED) is 0.883. The fourth-order valence-electron chi connectivity index (χ4n) is 2.07. The number of carbonyl (C=O) groups excluding carboxylic acids is 1. The van der Waals surface area contributed by atoms with Gasteiger partial charge >= 0.3 is 6.03 Å². The number of hydrogen-bond donors (Lipinski definition) is 1. The van der Waals surface area contributed by atoms with Crippen molar-refractivity contribution in [2.45, 2.75) is 26.4 Å². The van der Waals surface area contributed by atoms with Gasteiger partial charge in [0.1, 0.15) is 5.82 Å². The molecule has 0 unspecified atom stereocenters. The van der Waals surface area contributed by atoms with Crippen LogP contribution in [-0.2, 0) is 6.54 Å². The molecule has 2 aromatic rings. The fourth-order valence-corrected chi connectivity index (χ4v) is 2.80. The Morgan fingerprint density at radius 1 is 1.38 bits per heavy atom. The molecule has 1 atom stereocenters. The van der Waals surface area contributed by atoms with E-state index in [0.717, 1.165) is 10.4 Å². The van der Waals surface area contributed by atoms with Crippen LogP contribution in [0, 0.1) is 5.82 Å². The summed E-state index contributed by atoms with van der Waals surface area (Å²) in [6, 6.07) is 10.1. The third kappa shape index (κ3) is 4.29. The second-order valence-electron chi connectivity index (χ2n) is 4.83. The Bertz CT molecular complexity index is 586. The van der Waals surface area contributed by atoms with Gasteiger partial charge in [-0.1, -0.05) is 18.2 Å². The summed E-state index contributed by atoms with van der Waals surface area (Å²) >= 11 is 1.62. The second kappa shape index (κ2) is 7.22. The lowest BCUT2D eigenvalue weighted by Crippen LogP contribution is -2.40. The smallest absolute Gasteiger partial charge is 0.318 e. The largest absolute Gasteiger partial charge is 0.331 e. The molecule has 0 aliphatic rings. The molecular weight excluding hydrogens is 287 g/mol. The molecule has 1 aromatic heterocycles. The summed E-state index contributed by atoms with van der Waals surface area (Å²) in [4.78, 5) is 15.1. The number of nitrogens with zero attached hydrogens (tertiary/aromatic N) is 1. The van der Waals surface area contributed by atoms with Crippen LogP contribution in [0.25, 0.3) is 0 Å². The average molecular weight is 306 g/mol. The highest BCUT2D eigenvalue weighted by Crippen LogP contribution is 2.18. The van der Waals surface area contributed by atoms with Gasteiger partial charge in [0.25, 0.3) is 0 Å². The number of urea groups is 1. The van der Waals surface area contributed by atoms with Gasteiger partial charge in [0.2, 0.25) is 0 Å². The van der Waals surface area contributed by atoms with Crippen molar-refractivity contribution in [2.75, 3.05) is 6.54 Å². The molecule has 0 aliphatic carbocycles. The van der Waals surface area contributed by atoms with E-state index in [1.165, 1.54) is 12.1 Å². The highest BCUT2D eigenvalue weighted by atomic mass is 32.1. The third-order valence-corrected chi connectivity index (χ3v) is 4.30. The topological polar surface area (TPSA) is 32.3 Å². The lowest BCUT2D eigenvalue weighted by Gasteiger charge is -2.23. The first kappa shape index (κ1) is 15.5. The maximum atomic E-state index is 13.2. The molecule has 2 rings (SSSR count). The molecule has 1 aromatic carbocycles. The summed E-state index contributed by atoms with van der Waals surface area (Å²) in [7, 11) is 0. The number of hydrogen-bond acceptors (Lipinski definition) is 2. The number of rotatable bonds is 5. The van der Waals surface area contributed by atoms with E-state index in [-0.39, 0.29) is 17.9 Å². The Balaban J connectivity index is 1.98. The SMILES string of the molecule is CCN(Cc1cccc(F)c1)C(=O)N[C@H](C)c1cccs1. The molecule has 5 heteroatoms. The van der Waals surface area contributed by atoms with Crippen LogP contribution in [0.1, 0.15) is 30.3 Å². The van der Waals surface area contributed by atoms with Crippen molar-refractivity contribution in [3.05, 3.63) is 58.0 Å². The summed E-state index contributed by atoms with van der Waals surface area (Å²) in [6.07, 6.45) is 0. The molecule has 0 radical (unpaired) electrons. The Hall–Kier alpha value is -1.88. The molecule has 21 heavy (non-hydrogen) atoms. The number of carbonyl (C=O) groups is 1. The number of benzene rings is 1. The van der Waals surface area contributed by atoms with Crippen molar-refractivity contribution < 1.29 is 9.18 Å². The van der Waals surface area contributed by atoms with Gasteiger partial charge in [-0.05, 0) is 43.0 Å². The van der Waals surface area contributed by atoms with Gasteiger partial charge in [-0.2, -0.15) is 0 Å². The fraction of sp³-hybridized carbons (Fsp3) is 0.312. The Labute approximate surface area is 128 Å². The van der Waals surface area contributed by atoms with E-state index in [1.807, 2.05) is 37.4 Å². The van der Waals surface area contributed by atoms with Crippen LogP contribution >= 0.6 is 11.3 Å². The minimum Gasteiger partial charge on any atom is -0.331 e. The normalized spacial score (nSPS) is 12.0. The molecule has 112 valence electrons. The molecule has 0 aliphatic heterocycles. The molecule has 0 saturated carbocycles. The van der Waals surface area contributed by atoms with Crippen LogP contribution in [0.2, 0.25) is 0 Å². The average Bonchev–Trinajstić information content (AvgIpc) is 2.99. The van der Waals surface area contributed by atoms with E-state index >= 15 is 0 Å². The van der Waals surface area contributed by atoms with E-state index in [1.54, 1.807) is 22.3 Å². The van der Waals surface area contributed by atoms with Crippen molar-refractivity contribution >= 4 is 17.4 Å². The van der Waals surface area contributed by atoms with Crippen LogP contribution in [-0.4, -0.2) is 17.5 Å².